The van der Waals surface area contributed by atoms with Gasteiger partial charge in [-0.1, -0.05) is 0 Å². The van der Waals surface area contributed by atoms with E-state index in [0.29, 0.717) is 6.54 Å². The Morgan fingerprint density at radius 2 is 1.85 bits per heavy atom. The monoisotopic (exact) mass is 359 g/mol. The predicted molar refractivity (Wildman–Crippen MR) is 98.1 cm³/mol. The molecule has 4 aliphatic rings. The predicted octanol–water partition coefficient (Wildman–Crippen LogP) is 2.39. The largest absolute Gasteiger partial charge is 0.377 e. The van der Waals surface area contributed by atoms with Gasteiger partial charge in [0.05, 0.1) is 5.60 Å². The van der Waals surface area contributed by atoms with Gasteiger partial charge in [0, 0.05) is 25.3 Å². The minimum Gasteiger partial charge on any atom is -0.377 e. The molecule has 2 N–H and O–H groups in total. The van der Waals surface area contributed by atoms with Gasteiger partial charge in [-0.05, 0) is 70.1 Å². The van der Waals surface area contributed by atoms with Crippen molar-refractivity contribution in [2.45, 2.75) is 63.4 Å². The van der Waals surface area contributed by atoms with Crippen LogP contribution in [0.25, 0.3) is 0 Å². The lowest BCUT2D eigenvalue weighted by Crippen LogP contribution is -2.50. The Hall–Kier alpha value is -1.69. The molecule has 0 spiro atoms. The summed E-state index contributed by atoms with van der Waals surface area (Å²) in [6.45, 7) is 4.09. The van der Waals surface area contributed by atoms with E-state index >= 15 is 0 Å². The SMILES string of the molecule is COC(C)(C)CNC(=O)c1cnc(C23CC4CC(CC(C4)C2)C3)[nH]c1=O. The Labute approximate surface area is 154 Å². The number of carbonyl (C=O) groups excluding carboxylic acids is 1. The van der Waals surface area contributed by atoms with E-state index in [9.17, 15) is 9.59 Å². The fourth-order valence-corrected chi connectivity index (χ4v) is 5.69. The first-order chi connectivity index (χ1) is 12.3. The van der Waals surface area contributed by atoms with Crippen LogP contribution in [0.2, 0.25) is 0 Å². The van der Waals surface area contributed by atoms with E-state index in [4.69, 9.17) is 4.74 Å². The standard InChI is InChI=1S/C20H29N3O3/c1-19(2,26-3)11-22-16(24)15-10-21-18(23-17(15)25)20-7-12-4-13(8-20)6-14(5-12)9-20/h10,12-14H,4-9,11H2,1-3H3,(H,22,24)(H,21,23,25). The second-order valence-corrected chi connectivity index (χ2v) is 9.32. The second-order valence-electron chi connectivity index (χ2n) is 9.32. The van der Waals surface area contributed by atoms with Crippen LogP contribution in [0.3, 0.4) is 0 Å². The lowest BCUT2D eigenvalue weighted by atomic mass is 9.49. The topological polar surface area (TPSA) is 84.1 Å². The molecule has 1 heterocycles. The number of nitrogens with one attached hydrogen (secondary N) is 2. The molecule has 5 rings (SSSR count). The zero-order valence-electron chi connectivity index (χ0n) is 15.9. The van der Waals surface area contributed by atoms with Crippen LogP contribution in [-0.2, 0) is 10.2 Å². The quantitative estimate of drug-likeness (QED) is 0.845. The molecule has 0 atom stereocenters. The maximum Gasteiger partial charge on any atom is 0.263 e. The molecule has 4 bridgehead atoms. The molecule has 0 radical (unpaired) electrons. The van der Waals surface area contributed by atoms with Gasteiger partial charge in [0.25, 0.3) is 11.5 Å². The van der Waals surface area contributed by atoms with Gasteiger partial charge >= 0.3 is 0 Å². The van der Waals surface area contributed by atoms with Gasteiger partial charge in [-0.25, -0.2) is 4.98 Å². The van der Waals surface area contributed by atoms with Crippen molar-refractivity contribution in [1.82, 2.24) is 15.3 Å². The summed E-state index contributed by atoms with van der Waals surface area (Å²) < 4.78 is 5.29. The summed E-state index contributed by atoms with van der Waals surface area (Å²) in [6, 6.07) is 0. The summed E-state index contributed by atoms with van der Waals surface area (Å²) >= 11 is 0. The minimum atomic E-state index is -0.477. The van der Waals surface area contributed by atoms with Crippen molar-refractivity contribution in [2.24, 2.45) is 17.8 Å². The Kier molecular flexibility index (Phi) is 4.21. The average molecular weight is 359 g/mol. The molecule has 0 unspecified atom stereocenters. The molecule has 1 amide bonds. The average Bonchev–Trinajstić information content (AvgIpc) is 2.58. The number of rotatable bonds is 5. The molecular formula is C20H29N3O3. The summed E-state index contributed by atoms with van der Waals surface area (Å²) in [7, 11) is 1.60. The summed E-state index contributed by atoms with van der Waals surface area (Å²) in [4.78, 5) is 32.5. The van der Waals surface area contributed by atoms with Gasteiger partial charge in [0.1, 0.15) is 11.4 Å². The molecular weight excluding hydrogens is 330 g/mol. The van der Waals surface area contributed by atoms with Crippen LogP contribution in [0.5, 0.6) is 0 Å². The normalized spacial score (nSPS) is 32.7. The summed E-state index contributed by atoms with van der Waals surface area (Å²) in [5.41, 5.74) is -0.709. The third kappa shape index (κ3) is 3.08. The van der Waals surface area contributed by atoms with E-state index < -0.39 is 11.5 Å². The summed E-state index contributed by atoms with van der Waals surface area (Å²) in [5, 5.41) is 2.76. The van der Waals surface area contributed by atoms with Gasteiger partial charge in [-0.15, -0.1) is 0 Å². The Morgan fingerprint density at radius 1 is 1.27 bits per heavy atom. The molecule has 26 heavy (non-hydrogen) atoms. The number of hydrogen-bond donors (Lipinski definition) is 2. The maximum atomic E-state index is 12.6. The van der Waals surface area contributed by atoms with Crippen molar-refractivity contribution < 1.29 is 9.53 Å². The third-order valence-electron chi connectivity index (χ3n) is 6.81. The number of aromatic nitrogens is 2. The first-order valence-electron chi connectivity index (χ1n) is 9.73. The van der Waals surface area contributed by atoms with E-state index in [-0.39, 0.29) is 16.5 Å². The van der Waals surface area contributed by atoms with Crippen LogP contribution < -0.4 is 10.9 Å². The highest BCUT2D eigenvalue weighted by molar-refractivity contribution is 5.93. The molecule has 4 fully saturated rings. The molecule has 0 aromatic carbocycles. The molecule has 6 heteroatoms. The van der Waals surface area contributed by atoms with E-state index in [2.05, 4.69) is 15.3 Å². The molecule has 0 saturated heterocycles. The molecule has 1 aromatic rings. The number of hydrogen-bond acceptors (Lipinski definition) is 4. The zero-order chi connectivity index (χ0) is 18.5. The molecule has 6 nitrogen and oxygen atoms in total. The summed E-state index contributed by atoms with van der Waals surface area (Å²) in [5.74, 6) is 2.75. The first-order valence-corrected chi connectivity index (χ1v) is 9.73. The molecule has 4 aliphatic carbocycles. The number of methoxy groups -OCH3 is 1. The van der Waals surface area contributed by atoms with Crippen molar-refractivity contribution in [3.05, 3.63) is 27.9 Å². The van der Waals surface area contributed by atoms with Gasteiger partial charge in [-0.2, -0.15) is 0 Å². The number of nitrogens with zero attached hydrogens (tertiary/aromatic N) is 1. The van der Waals surface area contributed by atoms with Crippen LogP contribution in [-0.4, -0.2) is 35.1 Å². The molecule has 142 valence electrons. The van der Waals surface area contributed by atoms with E-state index in [1.54, 1.807) is 7.11 Å². The van der Waals surface area contributed by atoms with E-state index in [0.717, 1.165) is 42.8 Å². The Bertz CT molecular complexity index is 733. The molecule has 1 aromatic heterocycles. The zero-order valence-corrected chi connectivity index (χ0v) is 15.9. The van der Waals surface area contributed by atoms with Crippen LogP contribution in [0.4, 0.5) is 0 Å². The molecule has 0 aliphatic heterocycles. The lowest BCUT2D eigenvalue weighted by Gasteiger charge is -2.56. The van der Waals surface area contributed by atoms with Crippen LogP contribution >= 0.6 is 0 Å². The number of ether oxygens (including phenoxy) is 1. The van der Waals surface area contributed by atoms with Gasteiger partial charge in [0.15, 0.2) is 0 Å². The van der Waals surface area contributed by atoms with Crippen molar-refractivity contribution >= 4 is 5.91 Å². The fraction of sp³-hybridized carbons (Fsp3) is 0.750. The van der Waals surface area contributed by atoms with Crippen LogP contribution in [0, 0.1) is 17.8 Å². The fourth-order valence-electron chi connectivity index (χ4n) is 5.69. The number of H-pyrrole nitrogens is 1. The highest BCUT2D eigenvalue weighted by Gasteiger charge is 2.52. The van der Waals surface area contributed by atoms with Crippen LogP contribution in [0.1, 0.15) is 68.6 Å². The number of aromatic amines is 1. The van der Waals surface area contributed by atoms with Crippen molar-refractivity contribution in [2.75, 3.05) is 13.7 Å². The Balaban J connectivity index is 1.53. The second kappa shape index (κ2) is 6.19. The summed E-state index contributed by atoms with van der Waals surface area (Å²) in [6.07, 6.45) is 8.90. The minimum absolute atomic E-state index is 0.0287. The van der Waals surface area contributed by atoms with Gasteiger partial charge in [0.2, 0.25) is 0 Å². The van der Waals surface area contributed by atoms with E-state index in [1.807, 2.05) is 13.8 Å². The highest BCUT2D eigenvalue weighted by Crippen LogP contribution is 2.59. The van der Waals surface area contributed by atoms with Crippen molar-refractivity contribution in [1.29, 1.82) is 0 Å². The lowest BCUT2D eigenvalue weighted by molar-refractivity contribution is -0.00954. The third-order valence-corrected chi connectivity index (χ3v) is 6.81. The molecule has 4 saturated carbocycles. The number of amides is 1. The van der Waals surface area contributed by atoms with Gasteiger partial charge in [-0.3, -0.25) is 9.59 Å². The highest BCUT2D eigenvalue weighted by atomic mass is 16.5. The number of carbonyl (C=O) groups is 1. The van der Waals surface area contributed by atoms with E-state index in [1.165, 1.54) is 25.5 Å². The smallest absolute Gasteiger partial charge is 0.263 e. The van der Waals surface area contributed by atoms with Crippen LogP contribution in [0.15, 0.2) is 11.0 Å². The first kappa shape index (κ1) is 17.7. The van der Waals surface area contributed by atoms with Gasteiger partial charge < -0.3 is 15.0 Å². The Morgan fingerprint density at radius 3 is 2.35 bits per heavy atom. The van der Waals surface area contributed by atoms with Crippen molar-refractivity contribution in [3.8, 4) is 0 Å². The van der Waals surface area contributed by atoms with Crippen molar-refractivity contribution in [3.63, 3.8) is 0 Å². The maximum absolute atomic E-state index is 12.6.